The summed E-state index contributed by atoms with van der Waals surface area (Å²) in [7, 11) is 0. The Hall–Kier alpha value is -3.13. The molecule has 134 valence electrons. The number of carbonyl (C=O) groups is 1. The number of hydrogen-bond donors (Lipinski definition) is 3. The van der Waals surface area contributed by atoms with Crippen molar-refractivity contribution in [1.82, 2.24) is 15.3 Å². The largest absolute Gasteiger partial charge is 0.473 e. The number of nitrogens with zero attached hydrogens (tertiary/aromatic N) is 2. The third-order valence-corrected chi connectivity index (χ3v) is 4.22. The molecule has 0 aliphatic carbocycles. The van der Waals surface area contributed by atoms with E-state index in [9.17, 15) is 4.79 Å². The van der Waals surface area contributed by atoms with Crippen LogP contribution in [0.15, 0.2) is 34.9 Å². The second-order valence-electron chi connectivity index (χ2n) is 6.35. The molecule has 0 saturated carbocycles. The predicted molar refractivity (Wildman–Crippen MR) is 97.2 cm³/mol. The van der Waals surface area contributed by atoms with Crippen LogP contribution in [-0.2, 0) is 0 Å². The number of rotatable bonds is 5. The molecule has 0 radical (unpaired) electrons. The summed E-state index contributed by atoms with van der Waals surface area (Å²) in [5, 5.41) is 5.86. The Labute approximate surface area is 149 Å². The van der Waals surface area contributed by atoms with Gasteiger partial charge >= 0.3 is 0 Å². The van der Waals surface area contributed by atoms with E-state index in [1.807, 2.05) is 19.9 Å². The second kappa shape index (κ2) is 6.30. The fourth-order valence-corrected chi connectivity index (χ4v) is 2.60. The molecule has 3 aromatic heterocycles. The number of nitrogen functional groups attached to an aromatic ring is 1. The number of carbonyl (C=O) groups excluding carboxylic acids is 1. The summed E-state index contributed by atoms with van der Waals surface area (Å²) < 4.78 is 11.4. The molecule has 8 heteroatoms. The van der Waals surface area contributed by atoms with E-state index in [1.165, 1.54) is 0 Å². The van der Waals surface area contributed by atoms with Gasteiger partial charge < -0.3 is 25.5 Å². The van der Waals surface area contributed by atoms with Gasteiger partial charge in [0.1, 0.15) is 23.1 Å². The molecule has 4 heterocycles. The average molecular weight is 353 g/mol. The van der Waals surface area contributed by atoms with Crippen LogP contribution in [0.5, 0.6) is 5.88 Å². The van der Waals surface area contributed by atoms with E-state index in [4.69, 9.17) is 14.9 Å². The highest BCUT2D eigenvalue weighted by atomic mass is 16.5. The van der Waals surface area contributed by atoms with Crippen LogP contribution in [-0.4, -0.2) is 34.6 Å². The Morgan fingerprint density at radius 1 is 1.42 bits per heavy atom. The molecule has 2 atom stereocenters. The first-order chi connectivity index (χ1) is 12.5. The number of aromatic nitrogens is 2. The number of ether oxygens (including phenoxy) is 1. The van der Waals surface area contributed by atoms with E-state index in [0.717, 1.165) is 12.1 Å². The van der Waals surface area contributed by atoms with Crippen molar-refractivity contribution in [3.8, 4) is 5.88 Å². The lowest BCUT2D eigenvalue weighted by atomic mass is 10.3. The molecule has 1 amide bonds. The molecule has 4 rings (SSSR count). The minimum absolute atomic E-state index is 0.00320. The molecule has 2 unspecified atom stereocenters. The lowest BCUT2D eigenvalue weighted by Gasteiger charge is -2.11. The number of anilines is 2. The van der Waals surface area contributed by atoms with Gasteiger partial charge in [-0.2, -0.15) is 0 Å². The highest BCUT2D eigenvalue weighted by molar-refractivity contribution is 6.09. The summed E-state index contributed by atoms with van der Waals surface area (Å²) in [4.78, 5) is 21.0. The number of fused-ring (bicyclic) bond motifs is 1. The highest BCUT2D eigenvalue weighted by Gasteiger charge is 2.29. The number of furan rings is 1. The Kier molecular flexibility index (Phi) is 3.96. The van der Waals surface area contributed by atoms with Crippen molar-refractivity contribution in [2.24, 2.45) is 0 Å². The zero-order valence-electron chi connectivity index (χ0n) is 14.4. The molecule has 1 aliphatic heterocycles. The molecule has 1 fully saturated rings. The molecule has 0 bridgehead atoms. The third kappa shape index (κ3) is 3.18. The van der Waals surface area contributed by atoms with Crippen molar-refractivity contribution >= 4 is 28.5 Å². The molecular formula is C18H19N5O3. The Bertz CT molecular complexity index is 963. The summed E-state index contributed by atoms with van der Waals surface area (Å²) >= 11 is 0. The zero-order valence-corrected chi connectivity index (χ0v) is 14.4. The van der Waals surface area contributed by atoms with E-state index in [0.29, 0.717) is 28.8 Å². The third-order valence-electron chi connectivity index (χ3n) is 4.22. The zero-order chi connectivity index (χ0) is 18.3. The van der Waals surface area contributed by atoms with Crippen LogP contribution in [0.4, 0.5) is 11.5 Å². The molecule has 0 aromatic carbocycles. The standard InChI is InChI=1S/C18H19N5O3/c1-9-3-5-13(21-7-9)22-18(24)17-15(19)16-12(26-17)4-6-14(23-16)25-10(2)11-8-20-11/h3-7,10-11,20H,8,19H2,1-2H3,(H,21,22,24). The van der Waals surface area contributed by atoms with Crippen LogP contribution in [0.1, 0.15) is 23.0 Å². The van der Waals surface area contributed by atoms with Crippen LogP contribution < -0.4 is 21.1 Å². The van der Waals surface area contributed by atoms with Crippen molar-refractivity contribution in [2.45, 2.75) is 26.0 Å². The van der Waals surface area contributed by atoms with E-state index in [-0.39, 0.29) is 17.6 Å². The maximum Gasteiger partial charge on any atom is 0.294 e. The van der Waals surface area contributed by atoms with Crippen LogP contribution in [0.2, 0.25) is 0 Å². The molecule has 1 saturated heterocycles. The Morgan fingerprint density at radius 2 is 2.23 bits per heavy atom. The number of pyridine rings is 2. The maximum atomic E-state index is 12.5. The number of amides is 1. The molecule has 1 aliphatic rings. The summed E-state index contributed by atoms with van der Waals surface area (Å²) in [6, 6.07) is 7.31. The number of hydrogen-bond acceptors (Lipinski definition) is 7. The summed E-state index contributed by atoms with van der Waals surface area (Å²) in [5.41, 5.74) is 8.08. The van der Waals surface area contributed by atoms with Gasteiger partial charge in [-0.3, -0.25) is 4.79 Å². The first-order valence-electron chi connectivity index (χ1n) is 8.34. The fraction of sp³-hybridized carbons (Fsp3) is 0.278. The normalized spacial score (nSPS) is 17.1. The van der Waals surface area contributed by atoms with Gasteiger partial charge in [-0.15, -0.1) is 0 Å². The van der Waals surface area contributed by atoms with E-state index >= 15 is 0 Å². The van der Waals surface area contributed by atoms with Crippen LogP contribution in [0.3, 0.4) is 0 Å². The van der Waals surface area contributed by atoms with Crippen LogP contribution in [0.25, 0.3) is 11.1 Å². The van der Waals surface area contributed by atoms with Gasteiger partial charge in [-0.25, -0.2) is 9.97 Å². The minimum atomic E-state index is -0.477. The lowest BCUT2D eigenvalue weighted by Crippen LogP contribution is -2.21. The maximum absolute atomic E-state index is 12.5. The van der Waals surface area contributed by atoms with E-state index in [2.05, 4.69) is 20.6 Å². The number of aryl methyl sites for hydroxylation is 1. The fourth-order valence-electron chi connectivity index (χ4n) is 2.60. The highest BCUT2D eigenvalue weighted by Crippen LogP contribution is 2.29. The van der Waals surface area contributed by atoms with Gasteiger partial charge in [0.25, 0.3) is 5.91 Å². The average Bonchev–Trinajstić information content (AvgIpc) is 3.42. The molecular weight excluding hydrogens is 334 g/mol. The second-order valence-corrected chi connectivity index (χ2v) is 6.35. The predicted octanol–water partition coefficient (Wildman–Crippen LogP) is 2.10. The van der Waals surface area contributed by atoms with Crippen molar-refractivity contribution in [3.63, 3.8) is 0 Å². The Balaban J connectivity index is 1.57. The lowest BCUT2D eigenvalue weighted by molar-refractivity contribution is 0.0999. The van der Waals surface area contributed by atoms with Gasteiger partial charge in [0.05, 0.1) is 6.04 Å². The molecule has 3 aromatic rings. The number of nitrogens with one attached hydrogen (secondary N) is 2. The SMILES string of the molecule is Cc1ccc(NC(=O)c2oc3ccc(OC(C)C4CN4)nc3c2N)nc1. The molecule has 0 spiro atoms. The summed E-state index contributed by atoms with van der Waals surface area (Å²) in [6.45, 7) is 4.83. The van der Waals surface area contributed by atoms with Crippen molar-refractivity contribution in [3.05, 3.63) is 41.8 Å². The van der Waals surface area contributed by atoms with Crippen molar-refractivity contribution in [2.75, 3.05) is 17.6 Å². The summed E-state index contributed by atoms with van der Waals surface area (Å²) in [6.07, 6.45) is 1.67. The van der Waals surface area contributed by atoms with Crippen LogP contribution >= 0.6 is 0 Å². The van der Waals surface area contributed by atoms with Crippen molar-refractivity contribution in [1.29, 1.82) is 0 Å². The van der Waals surface area contributed by atoms with Gasteiger partial charge in [0, 0.05) is 18.8 Å². The van der Waals surface area contributed by atoms with Gasteiger partial charge in [-0.05, 0) is 31.5 Å². The minimum Gasteiger partial charge on any atom is -0.473 e. The van der Waals surface area contributed by atoms with Gasteiger partial charge in [0.15, 0.2) is 5.58 Å². The smallest absolute Gasteiger partial charge is 0.294 e. The summed E-state index contributed by atoms with van der Waals surface area (Å²) in [5.74, 6) is 0.389. The Morgan fingerprint density at radius 3 is 2.92 bits per heavy atom. The van der Waals surface area contributed by atoms with Gasteiger partial charge in [0.2, 0.25) is 11.6 Å². The van der Waals surface area contributed by atoms with Gasteiger partial charge in [-0.1, -0.05) is 6.07 Å². The monoisotopic (exact) mass is 353 g/mol. The van der Waals surface area contributed by atoms with Crippen LogP contribution in [0, 0.1) is 6.92 Å². The quantitative estimate of drug-likeness (QED) is 0.600. The number of nitrogens with two attached hydrogens (primary N) is 1. The van der Waals surface area contributed by atoms with E-state index in [1.54, 1.807) is 24.4 Å². The van der Waals surface area contributed by atoms with Crippen molar-refractivity contribution < 1.29 is 13.9 Å². The first-order valence-corrected chi connectivity index (χ1v) is 8.34. The molecule has 26 heavy (non-hydrogen) atoms. The van der Waals surface area contributed by atoms with E-state index < -0.39 is 5.91 Å². The molecule has 8 nitrogen and oxygen atoms in total. The topological polar surface area (TPSA) is 125 Å². The molecule has 4 N–H and O–H groups in total. The first kappa shape index (κ1) is 16.3.